The largest absolute Gasteiger partial charge is 0.388 e. The van der Waals surface area contributed by atoms with E-state index in [0.29, 0.717) is 11.1 Å². The Hall–Kier alpha value is -0.930. The second-order valence-corrected chi connectivity index (χ2v) is 5.44. The quantitative estimate of drug-likeness (QED) is 0.875. The van der Waals surface area contributed by atoms with Crippen LogP contribution in [0.25, 0.3) is 0 Å². The Morgan fingerprint density at radius 1 is 1.22 bits per heavy atom. The molecule has 100 valence electrons. The van der Waals surface area contributed by atoms with E-state index in [1.165, 1.54) is 6.07 Å². The SMILES string of the molecule is Cc1ccc(C(O)C2C(C)OC(C)C2C)cc1F. The van der Waals surface area contributed by atoms with Gasteiger partial charge in [-0.2, -0.15) is 0 Å². The molecule has 0 aliphatic carbocycles. The van der Waals surface area contributed by atoms with Gasteiger partial charge in [-0.15, -0.1) is 0 Å². The lowest BCUT2D eigenvalue weighted by Gasteiger charge is -2.25. The van der Waals surface area contributed by atoms with E-state index >= 15 is 0 Å². The third-order valence-electron chi connectivity index (χ3n) is 4.22. The Morgan fingerprint density at radius 3 is 2.39 bits per heavy atom. The van der Waals surface area contributed by atoms with Crippen LogP contribution in [0.3, 0.4) is 0 Å². The summed E-state index contributed by atoms with van der Waals surface area (Å²) in [6, 6.07) is 4.94. The van der Waals surface area contributed by atoms with Gasteiger partial charge >= 0.3 is 0 Å². The molecule has 0 radical (unpaired) electrons. The predicted octanol–water partition coefficient (Wildman–Crippen LogP) is 3.23. The molecule has 0 spiro atoms. The van der Waals surface area contributed by atoms with E-state index in [4.69, 9.17) is 4.74 Å². The minimum atomic E-state index is -0.671. The normalized spacial score (nSPS) is 33.7. The minimum absolute atomic E-state index is 0.00522. The van der Waals surface area contributed by atoms with Crippen LogP contribution in [-0.4, -0.2) is 17.3 Å². The maximum Gasteiger partial charge on any atom is 0.126 e. The second kappa shape index (κ2) is 4.98. The first-order chi connectivity index (χ1) is 8.41. The third-order valence-corrected chi connectivity index (χ3v) is 4.22. The van der Waals surface area contributed by atoms with Gasteiger partial charge in [-0.1, -0.05) is 19.1 Å². The molecule has 1 aliphatic rings. The zero-order valence-electron chi connectivity index (χ0n) is 11.4. The molecule has 2 rings (SSSR count). The van der Waals surface area contributed by atoms with Crippen molar-refractivity contribution in [1.82, 2.24) is 0 Å². The summed E-state index contributed by atoms with van der Waals surface area (Å²) in [7, 11) is 0. The van der Waals surface area contributed by atoms with Crippen molar-refractivity contribution in [1.29, 1.82) is 0 Å². The van der Waals surface area contributed by atoms with Gasteiger partial charge in [-0.05, 0) is 43.9 Å². The summed E-state index contributed by atoms with van der Waals surface area (Å²) in [6.45, 7) is 7.78. The molecule has 2 nitrogen and oxygen atoms in total. The van der Waals surface area contributed by atoms with E-state index in [9.17, 15) is 9.50 Å². The van der Waals surface area contributed by atoms with Crippen LogP contribution in [0.1, 0.15) is 38.0 Å². The fourth-order valence-corrected chi connectivity index (χ4v) is 2.85. The summed E-state index contributed by atoms with van der Waals surface area (Å²) in [4.78, 5) is 0. The van der Waals surface area contributed by atoms with Crippen LogP contribution in [0.5, 0.6) is 0 Å². The van der Waals surface area contributed by atoms with Crippen molar-refractivity contribution >= 4 is 0 Å². The van der Waals surface area contributed by atoms with Crippen molar-refractivity contribution in [3.63, 3.8) is 0 Å². The Kier molecular flexibility index (Phi) is 3.74. The summed E-state index contributed by atoms with van der Waals surface area (Å²) in [6.07, 6.45) is -0.542. The monoisotopic (exact) mass is 252 g/mol. The first kappa shape index (κ1) is 13.5. The Balaban J connectivity index is 2.25. The number of aliphatic hydroxyl groups is 1. The van der Waals surface area contributed by atoms with Crippen LogP contribution in [0.15, 0.2) is 18.2 Å². The number of ether oxygens (including phenoxy) is 1. The number of aliphatic hydroxyl groups excluding tert-OH is 1. The predicted molar refractivity (Wildman–Crippen MR) is 68.8 cm³/mol. The minimum Gasteiger partial charge on any atom is -0.388 e. The second-order valence-electron chi connectivity index (χ2n) is 5.44. The van der Waals surface area contributed by atoms with Crippen LogP contribution in [0, 0.1) is 24.6 Å². The van der Waals surface area contributed by atoms with Crippen molar-refractivity contribution in [2.24, 2.45) is 11.8 Å². The maximum atomic E-state index is 13.6. The van der Waals surface area contributed by atoms with E-state index in [0.717, 1.165) is 0 Å². The van der Waals surface area contributed by atoms with Crippen LogP contribution in [0.4, 0.5) is 4.39 Å². The zero-order chi connectivity index (χ0) is 13.4. The van der Waals surface area contributed by atoms with Crippen LogP contribution >= 0.6 is 0 Å². The molecule has 3 heteroatoms. The standard InChI is InChI=1S/C15H21FO2/c1-8-5-6-12(7-13(8)16)15(17)14-9(2)10(3)18-11(14)4/h5-7,9-11,14-15,17H,1-4H3. The summed E-state index contributed by atoms with van der Waals surface area (Å²) in [5.41, 5.74) is 1.24. The van der Waals surface area contributed by atoms with Crippen LogP contribution in [-0.2, 0) is 4.74 Å². The molecular weight excluding hydrogens is 231 g/mol. The summed E-state index contributed by atoms with van der Waals surface area (Å²) in [5, 5.41) is 10.4. The number of hydrogen-bond acceptors (Lipinski definition) is 2. The number of benzene rings is 1. The first-order valence-corrected chi connectivity index (χ1v) is 6.51. The Bertz CT molecular complexity index is 433. The van der Waals surface area contributed by atoms with Crippen molar-refractivity contribution in [2.75, 3.05) is 0 Å². The molecule has 1 aliphatic heterocycles. The molecule has 1 saturated heterocycles. The average molecular weight is 252 g/mol. The number of halogens is 1. The van der Waals surface area contributed by atoms with Crippen molar-refractivity contribution < 1.29 is 14.2 Å². The van der Waals surface area contributed by atoms with Gasteiger partial charge in [0.05, 0.1) is 18.3 Å². The lowest BCUT2D eigenvalue weighted by molar-refractivity contribution is 0.0230. The molecule has 0 aromatic heterocycles. The van der Waals surface area contributed by atoms with Crippen LogP contribution < -0.4 is 0 Å². The molecule has 5 atom stereocenters. The molecule has 0 saturated carbocycles. The fraction of sp³-hybridized carbons (Fsp3) is 0.600. The highest BCUT2D eigenvalue weighted by Crippen LogP contribution is 2.40. The smallest absolute Gasteiger partial charge is 0.126 e. The van der Waals surface area contributed by atoms with E-state index < -0.39 is 6.10 Å². The summed E-state index contributed by atoms with van der Waals surface area (Å²) < 4.78 is 19.3. The summed E-state index contributed by atoms with van der Waals surface area (Å²) in [5.74, 6) is 0.0142. The van der Waals surface area contributed by atoms with E-state index in [1.54, 1.807) is 19.1 Å². The van der Waals surface area contributed by atoms with Gasteiger partial charge in [0.25, 0.3) is 0 Å². The molecule has 0 amide bonds. The number of rotatable bonds is 2. The molecule has 1 aromatic carbocycles. The van der Waals surface area contributed by atoms with Gasteiger partial charge in [0, 0.05) is 5.92 Å². The average Bonchev–Trinajstić information content (AvgIpc) is 2.56. The Morgan fingerprint density at radius 2 is 1.89 bits per heavy atom. The molecule has 5 unspecified atom stereocenters. The first-order valence-electron chi connectivity index (χ1n) is 6.51. The molecule has 1 heterocycles. The van der Waals surface area contributed by atoms with E-state index in [2.05, 4.69) is 6.92 Å². The molecule has 0 bridgehead atoms. The van der Waals surface area contributed by atoms with Crippen molar-refractivity contribution in [3.05, 3.63) is 35.1 Å². The molecule has 18 heavy (non-hydrogen) atoms. The van der Waals surface area contributed by atoms with Gasteiger partial charge in [-0.3, -0.25) is 0 Å². The topological polar surface area (TPSA) is 29.5 Å². The molecule has 1 fully saturated rings. The molecule has 1 aromatic rings. The molecular formula is C15H21FO2. The van der Waals surface area contributed by atoms with Gasteiger partial charge in [0.1, 0.15) is 5.82 Å². The Labute approximate surface area is 108 Å². The lowest BCUT2D eigenvalue weighted by atomic mass is 9.82. The highest BCUT2D eigenvalue weighted by Gasteiger charge is 2.41. The van der Waals surface area contributed by atoms with Crippen molar-refractivity contribution in [3.8, 4) is 0 Å². The van der Waals surface area contributed by atoms with Crippen LogP contribution in [0.2, 0.25) is 0 Å². The highest BCUT2D eigenvalue weighted by atomic mass is 19.1. The van der Waals surface area contributed by atoms with Gasteiger partial charge in [0.2, 0.25) is 0 Å². The maximum absolute atomic E-state index is 13.6. The van der Waals surface area contributed by atoms with Gasteiger partial charge < -0.3 is 9.84 Å². The number of hydrogen-bond donors (Lipinski definition) is 1. The zero-order valence-corrected chi connectivity index (χ0v) is 11.4. The fourth-order valence-electron chi connectivity index (χ4n) is 2.85. The summed E-state index contributed by atoms with van der Waals surface area (Å²) >= 11 is 0. The van der Waals surface area contributed by atoms with E-state index in [-0.39, 0.29) is 29.9 Å². The van der Waals surface area contributed by atoms with Crippen molar-refractivity contribution in [2.45, 2.75) is 46.0 Å². The highest BCUT2D eigenvalue weighted by molar-refractivity contribution is 5.25. The van der Waals surface area contributed by atoms with Gasteiger partial charge in [0.15, 0.2) is 0 Å². The third kappa shape index (κ3) is 2.29. The van der Waals surface area contributed by atoms with E-state index in [1.807, 2.05) is 13.8 Å². The lowest BCUT2D eigenvalue weighted by Crippen LogP contribution is -2.25. The molecule has 1 N–H and O–H groups in total. The van der Waals surface area contributed by atoms with Gasteiger partial charge in [-0.25, -0.2) is 4.39 Å². The number of aryl methyl sites for hydroxylation is 1.